The van der Waals surface area contributed by atoms with Crippen LogP contribution in [-0.2, 0) is 6.54 Å². The van der Waals surface area contributed by atoms with Gasteiger partial charge in [-0.15, -0.1) is 0 Å². The van der Waals surface area contributed by atoms with Crippen molar-refractivity contribution in [3.63, 3.8) is 0 Å². The van der Waals surface area contributed by atoms with E-state index < -0.39 is 0 Å². The molecule has 2 aliphatic heterocycles. The molecule has 0 saturated carbocycles. The monoisotopic (exact) mass is 268 g/mol. The first-order chi connectivity index (χ1) is 9.69. The van der Waals surface area contributed by atoms with E-state index in [9.17, 15) is 0 Å². The van der Waals surface area contributed by atoms with Gasteiger partial charge in [0, 0.05) is 30.2 Å². The third-order valence-electron chi connectivity index (χ3n) is 4.72. The number of nitrogens with zero attached hydrogens (tertiary/aromatic N) is 2. The minimum atomic E-state index is 0.502. The van der Waals surface area contributed by atoms with Gasteiger partial charge in [0.25, 0.3) is 0 Å². The molecule has 3 heteroatoms. The van der Waals surface area contributed by atoms with Crippen LogP contribution in [0.4, 0.5) is 0 Å². The van der Waals surface area contributed by atoms with Gasteiger partial charge >= 0.3 is 0 Å². The summed E-state index contributed by atoms with van der Waals surface area (Å²) in [6.45, 7) is 4.48. The van der Waals surface area contributed by atoms with Gasteiger partial charge < -0.3 is 9.30 Å². The molecule has 20 heavy (non-hydrogen) atoms. The molecule has 3 nitrogen and oxygen atoms in total. The lowest BCUT2D eigenvalue weighted by Crippen LogP contribution is -2.43. The number of aromatic nitrogens is 1. The van der Waals surface area contributed by atoms with Gasteiger partial charge in [-0.2, -0.15) is 0 Å². The molecule has 0 unspecified atom stereocenters. The average molecular weight is 268 g/mol. The van der Waals surface area contributed by atoms with Crippen molar-refractivity contribution >= 4 is 16.5 Å². The standard InChI is InChI=1S/C17H20N2O/c1-11-8-14-12-4-5-16(20-3)13-6-7-19(17(12)13)10-15(14)18(2)9-11/h4-8,11,15H,9-10H2,1-3H3/t11-,15-/m0/s1. The van der Waals surface area contributed by atoms with Gasteiger partial charge in [-0.3, -0.25) is 4.90 Å². The number of hydrogen-bond donors (Lipinski definition) is 0. The van der Waals surface area contributed by atoms with E-state index in [2.05, 4.69) is 53.9 Å². The van der Waals surface area contributed by atoms with Crippen LogP contribution < -0.4 is 4.74 Å². The van der Waals surface area contributed by atoms with Crippen molar-refractivity contribution in [2.45, 2.75) is 19.5 Å². The summed E-state index contributed by atoms with van der Waals surface area (Å²) < 4.78 is 7.88. The number of benzene rings is 1. The maximum Gasteiger partial charge on any atom is 0.128 e. The van der Waals surface area contributed by atoms with Crippen molar-refractivity contribution < 1.29 is 4.74 Å². The fourth-order valence-corrected chi connectivity index (χ4v) is 3.84. The molecule has 0 fully saturated rings. The number of hydrogen-bond acceptors (Lipinski definition) is 2. The van der Waals surface area contributed by atoms with Crippen LogP contribution in [0.3, 0.4) is 0 Å². The first kappa shape index (κ1) is 12.0. The van der Waals surface area contributed by atoms with Crippen molar-refractivity contribution in [2.75, 3.05) is 20.7 Å². The van der Waals surface area contributed by atoms with Crippen LogP contribution in [0.15, 0.2) is 30.5 Å². The Balaban J connectivity index is 2.00. The predicted octanol–water partition coefficient (Wildman–Crippen LogP) is 3.00. The smallest absolute Gasteiger partial charge is 0.128 e. The van der Waals surface area contributed by atoms with Crippen LogP contribution in [0.5, 0.6) is 5.75 Å². The Labute approximate surface area is 119 Å². The van der Waals surface area contributed by atoms with Crippen LogP contribution in [0, 0.1) is 5.92 Å². The van der Waals surface area contributed by atoms with Gasteiger partial charge in [0.1, 0.15) is 5.75 Å². The molecule has 104 valence electrons. The highest BCUT2D eigenvalue weighted by atomic mass is 16.5. The van der Waals surface area contributed by atoms with Gasteiger partial charge in [-0.1, -0.05) is 13.0 Å². The summed E-state index contributed by atoms with van der Waals surface area (Å²) in [5.41, 5.74) is 4.19. The molecule has 0 amide bonds. The second-order valence-corrected chi connectivity index (χ2v) is 6.10. The van der Waals surface area contributed by atoms with Crippen molar-refractivity contribution in [1.29, 1.82) is 0 Å². The summed E-state index contributed by atoms with van der Waals surface area (Å²) >= 11 is 0. The van der Waals surface area contributed by atoms with Crippen LogP contribution in [0.25, 0.3) is 16.5 Å². The zero-order valence-electron chi connectivity index (χ0n) is 12.3. The van der Waals surface area contributed by atoms with E-state index in [-0.39, 0.29) is 0 Å². The summed E-state index contributed by atoms with van der Waals surface area (Å²) in [4.78, 5) is 2.49. The van der Waals surface area contributed by atoms with E-state index in [0.717, 1.165) is 18.8 Å². The largest absolute Gasteiger partial charge is 0.496 e. The molecule has 4 rings (SSSR count). The molecule has 3 heterocycles. The number of likely N-dealkylation sites (N-methyl/N-ethyl adjacent to an activating group) is 1. The van der Waals surface area contributed by atoms with E-state index >= 15 is 0 Å². The van der Waals surface area contributed by atoms with E-state index in [1.807, 2.05) is 0 Å². The predicted molar refractivity (Wildman–Crippen MR) is 82.0 cm³/mol. The Morgan fingerprint density at radius 1 is 1.20 bits per heavy atom. The molecule has 2 aliphatic rings. The van der Waals surface area contributed by atoms with Gasteiger partial charge in [0.05, 0.1) is 18.7 Å². The Morgan fingerprint density at radius 2 is 2.05 bits per heavy atom. The number of rotatable bonds is 1. The molecule has 0 spiro atoms. The summed E-state index contributed by atoms with van der Waals surface area (Å²) in [6.07, 6.45) is 4.65. The second-order valence-electron chi connectivity index (χ2n) is 6.10. The van der Waals surface area contributed by atoms with Crippen LogP contribution in [0.1, 0.15) is 12.5 Å². The molecular formula is C17H20N2O. The highest BCUT2D eigenvalue weighted by Crippen LogP contribution is 2.41. The maximum absolute atomic E-state index is 5.50. The van der Waals surface area contributed by atoms with Gasteiger partial charge in [-0.05, 0) is 36.7 Å². The molecule has 0 radical (unpaired) electrons. The molecule has 0 saturated heterocycles. The van der Waals surface area contributed by atoms with Crippen molar-refractivity contribution in [3.05, 3.63) is 36.0 Å². The average Bonchev–Trinajstić information content (AvgIpc) is 2.85. The lowest BCUT2D eigenvalue weighted by molar-refractivity contribution is 0.234. The fourth-order valence-electron chi connectivity index (χ4n) is 3.84. The van der Waals surface area contributed by atoms with Gasteiger partial charge in [0.2, 0.25) is 0 Å². The van der Waals surface area contributed by atoms with Gasteiger partial charge in [-0.25, -0.2) is 0 Å². The molecule has 2 atom stereocenters. The van der Waals surface area contributed by atoms with Crippen LogP contribution in [-0.4, -0.2) is 36.2 Å². The van der Waals surface area contributed by atoms with Crippen molar-refractivity contribution in [3.8, 4) is 5.75 Å². The first-order valence-corrected chi connectivity index (χ1v) is 7.27. The number of ether oxygens (including phenoxy) is 1. The van der Waals surface area contributed by atoms with Crippen LogP contribution >= 0.6 is 0 Å². The summed E-state index contributed by atoms with van der Waals surface area (Å²) in [5.74, 6) is 1.59. The normalized spacial score (nSPS) is 25.4. The van der Waals surface area contributed by atoms with E-state index in [1.165, 1.54) is 22.0 Å². The van der Waals surface area contributed by atoms with E-state index in [0.29, 0.717) is 12.0 Å². The Bertz CT molecular complexity index is 713. The SMILES string of the molecule is COc1ccc2c3c1ccn3C[C@H]1C2=C[C@H](C)CN1C. The molecular weight excluding hydrogens is 248 g/mol. The van der Waals surface area contributed by atoms with Gasteiger partial charge in [0.15, 0.2) is 0 Å². The molecule has 2 aromatic rings. The Kier molecular flexibility index (Phi) is 2.48. The Hall–Kier alpha value is -1.74. The molecule has 1 aromatic heterocycles. The minimum Gasteiger partial charge on any atom is -0.496 e. The minimum absolute atomic E-state index is 0.502. The Morgan fingerprint density at radius 3 is 2.85 bits per heavy atom. The lowest BCUT2D eigenvalue weighted by Gasteiger charge is -2.39. The summed E-state index contributed by atoms with van der Waals surface area (Å²) in [6, 6.07) is 7.01. The molecule has 0 N–H and O–H groups in total. The fraction of sp³-hybridized carbons (Fsp3) is 0.412. The third kappa shape index (κ3) is 1.50. The van der Waals surface area contributed by atoms with Crippen molar-refractivity contribution in [2.24, 2.45) is 5.92 Å². The zero-order valence-corrected chi connectivity index (χ0v) is 12.3. The highest BCUT2D eigenvalue weighted by Gasteiger charge is 2.32. The summed E-state index contributed by atoms with van der Waals surface area (Å²) in [5, 5.41) is 1.23. The number of methoxy groups -OCH3 is 1. The highest BCUT2D eigenvalue weighted by molar-refractivity contribution is 5.98. The van der Waals surface area contributed by atoms with E-state index in [1.54, 1.807) is 7.11 Å². The topological polar surface area (TPSA) is 17.4 Å². The molecule has 0 aliphatic carbocycles. The maximum atomic E-state index is 5.50. The zero-order chi connectivity index (χ0) is 13.9. The second kappa shape index (κ2) is 4.13. The van der Waals surface area contributed by atoms with Crippen LogP contribution in [0.2, 0.25) is 0 Å². The van der Waals surface area contributed by atoms with E-state index in [4.69, 9.17) is 4.74 Å². The summed E-state index contributed by atoms with van der Waals surface area (Å²) in [7, 11) is 3.99. The molecule has 1 aromatic carbocycles. The number of fused-ring (bicyclic) bond motifs is 2. The van der Waals surface area contributed by atoms with Crippen molar-refractivity contribution in [1.82, 2.24) is 9.47 Å². The quantitative estimate of drug-likeness (QED) is 0.791. The lowest BCUT2D eigenvalue weighted by atomic mass is 9.86. The molecule has 0 bridgehead atoms. The third-order valence-corrected chi connectivity index (χ3v) is 4.72. The first-order valence-electron chi connectivity index (χ1n) is 7.27.